The highest BCUT2D eigenvalue weighted by Crippen LogP contribution is 2.11. The molecule has 1 aliphatic heterocycles. The minimum absolute atomic E-state index is 0. The van der Waals surface area contributed by atoms with Gasteiger partial charge in [-0.15, -0.1) is 12.4 Å². The van der Waals surface area contributed by atoms with Crippen molar-refractivity contribution in [2.75, 3.05) is 13.1 Å². The Labute approximate surface area is 123 Å². The van der Waals surface area contributed by atoms with Gasteiger partial charge in [-0.1, -0.05) is 0 Å². The van der Waals surface area contributed by atoms with E-state index in [1.807, 2.05) is 6.07 Å². The van der Waals surface area contributed by atoms with Crippen LogP contribution in [-0.2, 0) is 0 Å². The number of carbonyl (C=O) groups excluding carboxylic acids is 1. The standard InChI is InChI=1S/C14H16N4O.ClH/c19-14(18-11-2-1-5-15-9-11)10-3-4-12-13(8-10)17-7-6-16-12;/h3-4,6-8,11,15H,1-2,5,9H2,(H,18,19);1H/t11-;/m1./s1. The Hall–Kier alpha value is -1.72. The van der Waals surface area contributed by atoms with E-state index in [4.69, 9.17) is 0 Å². The number of rotatable bonds is 2. The molecule has 3 rings (SSSR count). The maximum Gasteiger partial charge on any atom is 0.251 e. The molecule has 1 aromatic carbocycles. The Morgan fingerprint density at radius 2 is 2.05 bits per heavy atom. The predicted octanol–water partition coefficient (Wildman–Crippen LogP) is 1.53. The summed E-state index contributed by atoms with van der Waals surface area (Å²) in [6.07, 6.45) is 5.42. The fourth-order valence-electron chi connectivity index (χ4n) is 2.35. The molecular formula is C14H17ClN4O. The molecule has 1 aliphatic rings. The van der Waals surface area contributed by atoms with E-state index in [2.05, 4.69) is 20.6 Å². The van der Waals surface area contributed by atoms with Gasteiger partial charge in [0.25, 0.3) is 5.91 Å². The van der Waals surface area contributed by atoms with Crippen molar-refractivity contribution in [2.45, 2.75) is 18.9 Å². The first-order valence-electron chi connectivity index (χ1n) is 6.55. The van der Waals surface area contributed by atoms with Crippen molar-refractivity contribution in [1.29, 1.82) is 0 Å². The summed E-state index contributed by atoms with van der Waals surface area (Å²) >= 11 is 0. The highest BCUT2D eigenvalue weighted by molar-refractivity contribution is 5.97. The zero-order chi connectivity index (χ0) is 13.1. The summed E-state index contributed by atoms with van der Waals surface area (Å²) in [5, 5.41) is 6.33. The lowest BCUT2D eigenvalue weighted by molar-refractivity contribution is 0.0931. The van der Waals surface area contributed by atoms with Crippen LogP contribution in [0.4, 0.5) is 0 Å². The number of aromatic nitrogens is 2. The molecular weight excluding hydrogens is 276 g/mol. The summed E-state index contributed by atoms with van der Waals surface area (Å²) in [6, 6.07) is 5.63. The van der Waals surface area contributed by atoms with Crippen LogP contribution in [0.25, 0.3) is 11.0 Å². The summed E-state index contributed by atoms with van der Waals surface area (Å²) in [7, 11) is 0. The number of amides is 1. The monoisotopic (exact) mass is 292 g/mol. The molecule has 2 N–H and O–H groups in total. The third-order valence-corrected chi connectivity index (χ3v) is 3.36. The fraction of sp³-hybridized carbons (Fsp3) is 0.357. The number of benzene rings is 1. The Kier molecular flexibility index (Phi) is 4.87. The molecule has 20 heavy (non-hydrogen) atoms. The highest BCUT2D eigenvalue weighted by Gasteiger charge is 2.16. The largest absolute Gasteiger partial charge is 0.348 e. The van der Waals surface area contributed by atoms with E-state index in [-0.39, 0.29) is 24.4 Å². The number of fused-ring (bicyclic) bond motifs is 1. The summed E-state index contributed by atoms with van der Waals surface area (Å²) in [5.74, 6) is -0.0405. The highest BCUT2D eigenvalue weighted by atomic mass is 35.5. The van der Waals surface area contributed by atoms with Gasteiger partial charge in [-0.25, -0.2) is 0 Å². The van der Waals surface area contributed by atoms with Crippen LogP contribution in [0.1, 0.15) is 23.2 Å². The molecule has 0 aliphatic carbocycles. The van der Waals surface area contributed by atoms with Crippen LogP contribution >= 0.6 is 12.4 Å². The Bertz CT molecular complexity index is 598. The molecule has 5 nitrogen and oxygen atoms in total. The van der Waals surface area contributed by atoms with Crippen molar-refractivity contribution in [1.82, 2.24) is 20.6 Å². The first-order valence-corrected chi connectivity index (χ1v) is 6.55. The van der Waals surface area contributed by atoms with Gasteiger partial charge in [0.15, 0.2) is 0 Å². The van der Waals surface area contributed by atoms with Crippen molar-refractivity contribution >= 4 is 29.3 Å². The number of hydrogen-bond donors (Lipinski definition) is 2. The molecule has 0 radical (unpaired) electrons. The van der Waals surface area contributed by atoms with E-state index in [9.17, 15) is 4.79 Å². The molecule has 1 amide bonds. The Morgan fingerprint density at radius 1 is 1.25 bits per heavy atom. The maximum absolute atomic E-state index is 12.2. The minimum Gasteiger partial charge on any atom is -0.348 e. The average molecular weight is 293 g/mol. The van der Waals surface area contributed by atoms with Crippen LogP contribution in [0.15, 0.2) is 30.6 Å². The summed E-state index contributed by atoms with van der Waals surface area (Å²) in [6.45, 7) is 1.89. The van der Waals surface area contributed by atoms with Gasteiger partial charge in [0.05, 0.1) is 11.0 Å². The summed E-state index contributed by atoms with van der Waals surface area (Å²) in [4.78, 5) is 20.6. The third-order valence-electron chi connectivity index (χ3n) is 3.36. The lowest BCUT2D eigenvalue weighted by atomic mass is 10.1. The molecule has 2 aromatic rings. The molecule has 1 atom stereocenters. The number of halogens is 1. The van der Waals surface area contributed by atoms with Gasteiger partial charge >= 0.3 is 0 Å². The van der Waals surface area contributed by atoms with Crippen LogP contribution in [0, 0.1) is 0 Å². The van der Waals surface area contributed by atoms with Crippen molar-refractivity contribution in [3.05, 3.63) is 36.2 Å². The molecule has 0 bridgehead atoms. The minimum atomic E-state index is -0.0405. The second kappa shape index (κ2) is 6.63. The molecule has 0 saturated carbocycles. The van der Waals surface area contributed by atoms with E-state index >= 15 is 0 Å². The molecule has 1 aromatic heterocycles. The number of nitrogens with one attached hydrogen (secondary N) is 2. The Balaban J connectivity index is 0.00000147. The lowest BCUT2D eigenvalue weighted by Crippen LogP contribution is -2.45. The predicted molar refractivity (Wildman–Crippen MR) is 80.1 cm³/mol. The first kappa shape index (κ1) is 14.7. The topological polar surface area (TPSA) is 66.9 Å². The van der Waals surface area contributed by atoms with Gasteiger partial charge in [0.1, 0.15) is 0 Å². The number of hydrogen-bond acceptors (Lipinski definition) is 4. The normalized spacial score (nSPS) is 18.3. The lowest BCUT2D eigenvalue weighted by Gasteiger charge is -2.23. The van der Waals surface area contributed by atoms with Gasteiger partial charge in [0.2, 0.25) is 0 Å². The van der Waals surface area contributed by atoms with Gasteiger partial charge in [-0.05, 0) is 37.6 Å². The van der Waals surface area contributed by atoms with Gasteiger partial charge in [-0.2, -0.15) is 0 Å². The molecule has 6 heteroatoms. The molecule has 0 spiro atoms. The summed E-state index contributed by atoms with van der Waals surface area (Å²) < 4.78 is 0. The van der Waals surface area contributed by atoms with Crippen LogP contribution in [0.3, 0.4) is 0 Å². The molecule has 106 valence electrons. The summed E-state index contributed by atoms with van der Waals surface area (Å²) in [5.41, 5.74) is 2.19. The first-order chi connectivity index (χ1) is 9.33. The van der Waals surface area contributed by atoms with E-state index < -0.39 is 0 Å². The van der Waals surface area contributed by atoms with E-state index in [1.54, 1.807) is 24.5 Å². The second-order valence-electron chi connectivity index (χ2n) is 4.78. The quantitative estimate of drug-likeness (QED) is 0.881. The van der Waals surface area contributed by atoms with Crippen LogP contribution < -0.4 is 10.6 Å². The number of carbonyl (C=O) groups is 1. The van der Waals surface area contributed by atoms with E-state index in [1.165, 1.54) is 0 Å². The number of nitrogens with zero attached hydrogens (tertiary/aromatic N) is 2. The van der Waals surface area contributed by atoms with Crippen molar-refractivity contribution in [3.63, 3.8) is 0 Å². The van der Waals surface area contributed by atoms with Crippen molar-refractivity contribution < 1.29 is 4.79 Å². The molecule has 2 heterocycles. The zero-order valence-corrected chi connectivity index (χ0v) is 11.8. The number of piperidine rings is 1. The maximum atomic E-state index is 12.2. The van der Waals surface area contributed by atoms with E-state index in [0.717, 1.165) is 37.0 Å². The van der Waals surface area contributed by atoms with Crippen LogP contribution in [-0.4, -0.2) is 35.0 Å². The molecule has 1 fully saturated rings. The van der Waals surface area contributed by atoms with Crippen LogP contribution in [0.2, 0.25) is 0 Å². The SMILES string of the molecule is Cl.O=C(N[C@@H]1CCCNC1)c1ccc2nccnc2c1. The molecule has 1 saturated heterocycles. The zero-order valence-electron chi connectivity index (χ0n) is 11.0. The smallest absolute Gasteiger partial charge is 0.251 e. The second-order valence-corrected chi connectivity index (χ2v) is 4.78. The Morgan fingerprint density at radius 3 is 2.80 bits per heavy atom. The molecule has 0 unspecified atom stereocenters. The van der Waals surface area contributed by atoms with E-state index in [0.29, 0.717) is 5.56 Å². The van der Waals surface area contributed by atoms with Crippen molar-refractivity contribution in [2.24, 2.45) is 0 Å². The van der Waals surface area contributed by atoms with Gasteiger partial charge in [-0.3, -0.25) is 14.8 Å². The average Bonchev–Trinajstić information content (AvgIpc) is 2.48. The van der Waals surface area contributed by atoms with Crippen molar-refractivity contribution in [3.8, 4) is 0 Å². The van der Waals surface area contributed by atoms with Gasteiger partial charge < -0.3 is 10.6 Å². The van der Waals surface area contributed by atoms with Crippen LogP contribution in [0.5, 0.6) is 0 Å². The fourth-order valence-corrected chi connectivity index (χ4v) is 2.35. The third kappa shape index (κ3) is 3.23. The van der Waals surface area contributed by atoms with Gasteiger partial charge in [0, 0.05) is 30.5 Å².